The summed E-state index contributed by atoms with van der Waals surface area (Å²) in [6.07, 6.45) is 4.28. The molecule has 3 heteroatoms. The summed E-state index contributed by atoms with van der Waals surface area (Å²) in [7, 11) is 0. The summed E-state index contributed by atoms with van der Waals surface area (Å²) < 4.78 is 0. The van der Waals surface area contributed by atoms with Crippen LogP contribution >= 0.6 is 0 Å². The number of nitrogens with one attached hydrogen (secondary N) is 1. The lowest BCUT2D eigenvalue weighted by Gasteiger charge is -2.35. The number of carbonyl (C=O) groups excluding carboxylic acids is 1. The van der Waals surface area contributed by atoms with Crippen LogP contribution in [-0.4, -0.2) is 23.2 Å². The zero-order valence-corrected chi connectivity index (χ0v) is 13.3. The molecule has 0 bridgehead atoms. The number of hydrogen-bond donors (Lipinski definition) is 2. The van der Waals surface area contributed by atoms with E-state index in [2.05, 4.69) is 39.9 Å². The van der Waals surface area contributed by atoms with E-state index in [9.17, 15) is 9.90 Å². The van der Waals surface area contributed by atoms with Crippen molar-refractivity contribution >= 4 is 5.91 Å². The van der Waals surface area contributed by atoms with Gasteiger partial charge in [0.05, 0.1) is 5.60 Å². The van der Waals surface area contributed by atoms with E-state index in [1.165, 1.54) is 0 Å². The van der Waals surface area contributed by atoms with Gasteiger partial charge in [-0.3, -0.25) is 4.79 Å². The van der Waals surface area contributed by atoms with Crippen LogP contribution in [0, 0.1) is 17.3 Å². The molecule has 0 aliphatic heterocycles. The van der Waals surface area contributed by atoms with E-state index >= 15 is 0 Å². The Balaban J connectivity index is 2.34. The molecule has 1 fully saturated rings. The van der Waals surface area contributed by atoms with Crippen LogP contribution in [0.15, 0.2) is 0 Å². The average Bonchev–Trinajstić information content (AvgIpc) is 2.30. The monoisotopic (exact) mass is 269 g/mol. The fourth-order valence-corrected chi connectivity index (χ4v) is 2.40. The molecule has 112 valence electrons. The Kier molecular flexibility index (Phi) is 5.43. The van der Waals surface area contributed by atoms with Gasteiger partial charge in [-0.2, -0.15) is 0 Å². The molecule has 1 unspecified atom stereocenters. The summed E-state index contributed by atoms with van der Waals surface area (Å²) in [4.78, 5) is 11.9. The molecule has 0 radical (unpaired) electrons. The van der Waals surface area contributed by atoms with Gasteiger partial charge in [-0.05, 0) is 42.9 Å². The quantitative estimate of drug-likeness (QED) is 0.824. The minimum atomic E-state index is -0.673. The molecule has 1 aliphatic rings. The highest BCUT2D eigenvalue weighted by atomic mass is 16.3. The minimum Gasteiger partial charge on any atom is -0.388 e. The molecule has 1 saturated carbocycles. The first-order valence-corrected chi connectivity index (χ1v) is 7.61. The minimum absolute atomic E-state index is 0.0643. The second-order valence-electron chi connectivity index (χ2n) is 7.65. The summed E-state index contributed by atoms with van der Waals surface area (Å²) >= 11 is 0. The van der Waals surface area contributed by atoms with Crippen LogP contribution in [-0.2, 0) is 4.79 Å². The Morgan fingerprint density at radius 2 is 1.89 bits per heavy atom. The Labute approximate surface area is 118 Å². The summed E-state index contributed by atoms with van der Waals surface area (Å²) in [6, 6.07) is 0. The summed E-state index contributed by atoms with van der Waals surface area (Å²) in [6.45, 7) is 11.2. The summed E-state index contributed by atoms with van der Waals surface area (Å²) in [5.41, 5.74) is -0.526. The topological polar surface area (TPSA) is 49.3 Å². The third-order valence-electron chi connectivity index (χ3n) is 4.79. The van der Waals surface area contributed by atoms with Crippen LogP contribution in [0.5, 0.6) is 0 Å². The standard InChI is InChI=1S/C16H31NO2/c1-12-6-8-16(19,9-7-12)11-17-14(18)10-13(2)15(3,4)5/h12-13,19H,6-11H2,1-5H3,(H,17,18). The second kappa shape index (κ2) is 6.25. The van der Waals surface area contributed by atoms with Gasteiger partial charge in [0.15, 0.2) is 0 Å². The molecule has 1 aliphatic carbocycles. The third-order valence-corrected chi connectivity index (χ3v) is 4.79. The van der Waals surface area contributed by atoms with Crippen LogP contribution < -0.4 is 5.32 Å². The molecule has 0 spiro atoms. The van der Waals surface area contributed by atoms with E-state index in [-0.39, 0.29) is 11.3 Å². The highest BCUT2D eigenvalue weighted by Gasteiger charge is 2.32. The van der Waals surface area contributed by atoms with Crippen molar-refractivity contribution in [1.29, 1.82) is 0 Å². The highest BCUT2D eigenvalue weighted by Crippen LogP contribution is 2.31. The number of amides is 1. The predicted octanol–water partition coefficient (Wildman–Crippen LogP) is 3.12. The van der Waals surface area contributed by atoms with Gasteiger partial charge in [0.1, 0.15) is 0 Å². The van der Waals surface area contributed by atoms with E-state index in [1.807, 2.05) is 0 Å². The van der Waals surface area contributed by atoms with Gasteiger partial charge in [0.25, 0.3) is 0 Å². The van der Waals surface area contributed by atoms with Gasteiger partial charge < -0.3 is 10.4 Å². The summed E-state index contributed by atoms with van der Waals surface area (Å²) in [5.74, 6) is 1.11. The van der Waals surface area contributed by atoms with Crippen molar-refractivity contribution in [1.82, 2.24) is 5.32 Å². The maximum absolute atomic E-state index is 11.9. The molecule has 1 rings (SSSR count). The van der Waals surface area contributed by atoms with Gasteiger partial charge in [0, 0.05) is 13.0 Å². The van der Waals surface area contributed by atoms with E-state index in [4.69, 9.17) is 0 Å². The zero-order chi connectivity index (χ0) is 14.7. The predicted molar refractivity (Wildman–Crippen MR) is 78.8 cm³/mol. The lowest BCUT2D eigenvalue weighted by molar-refractivity contribution is -0.124. The lowest BCUT2D eigenvalue weighted by atomic mass is 9.79. The van der Waals surface area contributed by atoms with Gasteiger partial charge >= 0.3 is 0 Å². The largest absolute Gasteiger partial charge is 0.388 e. The molecule has 19 heavy (non-hydrogen) atoms. The molecule has 0 aromatic rings. The van der Waals surface area contributed by atoms with Gasteiger partial charge in [-0.15, -0.1) is 0 Å². The Morgan fingerprint density at radius 3 is 2.37 bits per heavy atom. The normalized spacial score (nSPS) is 29.9. The number of hydrogen-bond acceptors (Lipinski definition) is 2. The van der Waals surface area contributed by atoms with Crippen molar-refractivity contribution in [2.24, 2.45) is 17.3 Å². The molecule has 0 saturated heterocycles. The van der Waals surface area contributed by atoms with E-state index < -0.39 is 5.60 Å². The summed E-state index contributed by atoms with van der Waals surface area (Å²) in [5, 5.41) is 13.3. The van der Waals surface area contributed by atoms with E-state index in [1.54, 1.807) is 0 Å². The Hall–Kier alpha value is -0.570. The van der Waals surface area contributed by atoms with Gasteiger partial charge in [-0.25, -0.2) is 0 Å². The van der Waals surface area contributed by atoms with Crippen LogP contribution in [0.3, 0.4) is 0 Å². The zero-order valence-electron chi connectivity index (χ0n) is 13.3. The highest BCUT2D eigenvalue weighted by molar-refractivity contribution is 5.76. The van der Waals surface area contributed by atoms with Crippen LogP contribution in [0.1, 0.15) is 66.7 Å². The molecule has 0 aromatic heterocycles. The average molecular weight is 269 g/mol. The number of aliphatic hydroxyl groups is 1. The van der Waals surface area contributed by atoms with Crippen molar-refractivity contribution in [3.05, 3.63) is 0 Å². The van der Waals surface area contributed by atoms with Crippen molar-refractivity contribution in [3.63, 3.8) is 0 Å². The number of rotatable bonds is 4. The molecule has 0 heterocycles. The van der Waals surface area contributed by atoms with Crippen molar-refractivity contribution in [3.8, 4) is 0 Å². The van der Waals surface area contributed by atoms with Crippen molar-refractivity contribution in [2.75, 3.05) is 6.54 Å². The fourth-order valence-electron chi connectivity index (χ4n) is 2.40. The molecule has 0 aromatic carbocycles. The van der Waals surface area contributed by atoms with Crippen molar-refractivity contribution < 1.29 is 9.90 Å². The van der Waals surface area contributed by atoms with E-state index in [0.29, 0.717) is 24.8 Å². The SMILES string of the molecule is CC1CCC(O)(CNC(=O)CC(C)C(C)(C)C)CC1. The first-order valence-electron chi connectivity index (χ1n) is 7.61. The van der Waals surface area contributed by atoms with Crippen LogP contribution in [0.4, 0.5) is 0 Å². The maximum atomic E-state index is 11.9. The second-order valence-corrected chi connectivity index (χ2v) is 7.65. The van der Waals surface area contributed by atoms with Gasteiger partial charge in [0.2, 0.25) is 5.91 Å². The van der Waals surface area contributed by atoms with E-state index in [0.717, 1.165) is 25.7 Å². The smallest absolute Gasteiger partial charge is 0.220 e. The molecular formula is C16H31NO2. The first kappa shape index (κ1) is 16.5. The first-order chi connectivity index (χ1) is 8.62. The fraction of sp³-hybridized carbons (Fsp3) is 0.938. The van der Waals surface area contributed by atoms with Crippen LogP contribution in [0.25, 0.3) is 0 Å². The number of carbonyl (C=O) groups is 1. The van der Waals surface area contributed by atoms with Crippen molar-refractivity contribution in [2.45, 2.75) is 72.3 Å². The Bertz CT molecular complexity index is 298. The molecule has 3 nitrogen and oxygen atoms in total. The Morgan fingerprint density at radius 1 is 1.37 bits per heavy atom. The maximum Gasteiger partial charge on any atom is 0.220 e. The van der Waals surface area contributed by atoms with Crippen LogP contribution in [0.2, 0.25) is 0 Å². The third kappa shape index (κ3) is 5.52. The lowest BCUT2D eigenvalue weighted by Crippen LogP contribution is -2.45. The molecule has 2 N–H and O–H groups in total. The molecular weight excluding hydrogens is 238 g/mol. The molecule has 1 atom stereocenters. The van der Waals surface area contributed by atoms with Gasteiger partial charge in [-0.1, -0.05) is 34.6 Å². The molecule has 1 amide bonds.